The lowest BCUT2D eigenvalue weighted by Crippen LogP contribution is -2.21. The topological polar surface area (TPSA) is 83.4 Å². The van der Waals surface area contributed by atoms with Crippen molar-refractivity contribution in [2.45, 2.75) is 32.9 Å². The molecule has 2 atom stereocenters. The molecular weight excluding hydrogens is 290 g/mol. The molecule has 2 heterocycles. The van der Waals surface area contributed by atoms with Crippen LogP contribution < -0.4 is 20.9 Å². The van der Waals surface area contributed by atoms with Crippen molar-refractivity contribution < 1.29 is 9.47 Å². The number of hydrogen-bond acceptors (Lipinski definition) is 5. The van der Waals surface area contributed by atoms with Gasteiger partial charge >= 0.3 is 0 Å². The number of aromatic nitrogens is 1. The molecule has 5 nitrogen and oxygen atoms in total. The quantitative estimate of drug-likeness (QED) is 0.886. The van der Waals surface area contributed by atoms with Crippen LogP contribution in [0.2, 0.25) is 0 Å². The summed E-state index contributed by atoms with van der Waals surface area (Å²) >= 11 is 0. The number of rotatable bonds is 5. The average Bonchev–Trinajstić information content (AvgIpc) is 2.51. The zero-order valence-corrected chi connectivity index (χ0v) is 13.6. The first-order valence-corrected chi connectivity index (χ1v) is 7.93. The fourth-order valence-corrected chi connectivity index (χ4v) is 2.92. The van der Waals surface area contributed by atoms with Gasteiger partial charge in [-0.25, -0.2) is 4.98 Å². The van der Waals surface area contributed by atoms with Crippen molar-refractivity contribution in [3.63, 3.8) is 0 Å². The molecule has 1 aromatic heterocycles. The van der Waals surface area contributed by atoms with Gasteiger partial charge in [-0.1, -0.05) is 13.0 Å². The minimum Gasteiger partial charge on any atom is -0.493 e. The molecule has 0 amide bonds. The monoisotopic (exact) mass is 313 g/mol. The van der Waals surface area contributed by atoms with Crippen molar-refractivity contribution in [3.8, 4) is 22.6 Å². The van der Waals surface area contributed by atoms with Gasteiger partial charge in [0.05, 0.1) is 12.8 Å². The van der Waals surface area contributed by atoms with Crippen LogP contribution in [0.3, 0.4) is 0 Å². The molecule has 1 aliphatic heterocycles. The second kappa shape index (κ2) is 6.46. The SMILES string of the molecule is CC(N)CC(C)COc1ccc2c(c1)COc1cnc(N)cc1-2. The molecule has 1 aliphatic rings. The maximum Gasteiger partial charge on any atom is 0.146 e. The summed E-state index contributed by atoms with van der Waals surface area (Å²) < 4.78 is 11.6. The number of nitrogens with zero attached hydrogens (tertiary/aromatic N) is 1. The smallest absolute Gasteiger partial charge is 0.146 e. The van der Waals surface area contributed by atoms with E-state index in [9.17, 15) is 0 Å². The Balaban J connectivity index is 1.76. The van der Waals surface area contributed by atoms with Gasteiger partial charge in [-0.2, -0.15) is 0 Å². The molecule has 122 valence electrons. The van der Waals surface area contributed by atoms with Gasteiger partial charge in [0, 0.05) is 17.2 Å². The van der Waals surface area contributed by atoms with Crippen LogP contribution in [-0.4, -0.2) is 17.6 Å². The first-order valence-electron chi connectivity index (χ1n) is 7.93. The van der Waals surface area contributed by atoms with Crippen molar-refractivity contribution in [1.82, 2.24) is 4.98 Å². The number of benzene rings is 1. The third kappa shape index (κ3) is 3.56. The fraction of sp³-hybridized carbons (Fsp3) is 0.389. The van der Waals surface area contributed by atoms with E-state index in [1.165, 1.54) is 0 Å². The number of pyridine rings is 1. The van der Waals surface area contributed by atoms with Gasteiger partial charge in [-0.05, 0) is 43.0 Å². The van der Waals surface area contributed by atoms with Crippen LogP contribution in [0.25, 0.3) is 11.1 Å². The summed E-state index contributed by atoms with van der Waals surface area (Å²) in [6.07, 6.45) is 2.63. The van der Waals surface area contributed by atoms with Crippen molar-refractivity contribution in [2.75, 3.05) is 12.3 Å². The lowest BCUT2D eigenvalue weighted by atomic mass is 9.97. The largest absolute Gasteiger partial charge is 0.493 e. The number of ether oxygens (including phenoxy) is 2. The molecule has 0 aliphatic carbocycles. The summed E-state index contributed by atoms with van der Waals surface area (Å²) in [5.41, 5.74) is 14.8. The van der Waals surface area contributed by atoms with E-state index in [2.05, 4.69) is 18.0 Å². The van der Waals surface area contributed by atoms with Gasteiger partial charge < -0.3 is 20.9 Å². The van der Waals surface area contributed by atoms with E-state index in [1.54, 1.807) is 6.20 Å². The highest BCUT2D eigenvalue weighted by atomic mass is 16.5. The molecule has 5 heteroatoms. The van der Waals surface area contributed by atoms with E-state index >= 15 is 0 Å². The van der Waals surface area contributed by atoms with E-state index in [1.807, 2.05) is 25.1 Å². The average molecular weight is 313 g/mol. The maximum atomic E-state index is 5.90. The van der Waals surface area contributed by atoms with Gasteiger partial charge in [-0.15, -0.1) is 0 Å². The molecule has 0 spiro atoms. The summed E-state index contributed by atoms with van der Waals surface area (Å²) in [7, 11) is 0. The molecule has 0 bridgehead atoms. The molecule has 0 saturated heterocycles. The Labute approximate surface area is 136 Å². The van der Waals surface area contributed by atoms with Gasteiger partial charge in [-0.3, -0.25) is 0 Å². The minimum absolute atomic E-state index is 0.195. The predicted octanol–water partition coefficient (Wildman–Crippen LogP) is 2.98. The van der Waals surface area contributed by atoms with Crippen LogP contribution in [0, 0.1) is 5.92 Å². The highest BCUT2D eigenvalue weighted by Gasteiger charge is 2.18. The first-order chi connectivity index (χ1) is 11.0. The molecule has 0 radical (unpaired) electrons. The van der Waals surface area contributed by atoms with Gasteiger partial charge in [0.1, 0.15) is 23.9 Å². The molecular formula is C18H23N3O2. The van der Waals surface area contributed by atoms with E-state index in [0.717, 1.165) is 34.6 Å². The van der Waals surface area contributed by atoms with Crippen molar-refractivity contribution in [2.24, 2.45) is 11.7 Å². The maximum absolute atomic E-state index is 5.90. The summed E-state index contributed by atoms with van der Waals surface area (Å²) in [5, 5.41) is 0. The number of hydrogen-bond donors (Lipinski definition) is 2. The predicted molar refractivity (Wildman–Crippen MR) is 91.3 cm³/mol. The number of nitrogens with two attached hydrogens (primary N) is 2. The second-order valence-electron chi connectivity index (χ2n) is 6.34. The van der Waals surface area contributed by atoms with E-state index in [-0.39, 0.29) is 6.04 Å². The lowest BCUT2D eigenvalue weighted by molar-refractivity contribution is 0.245. The summed E-state index contributed by atoms with van der Waals surface area (Å²) in [6, 6.07) is 8.12. The molecule has 4 N–H and O–H groups in total. The van der Waals surface area contributed by atoms with Crippen LogP contribution in [-0.2, 0) is 6.61 Å². The molecule has 0 saturated carbocycles. The third-order valence-electron chi connectivity index (χ3n) is 3.95. The Morgan fingerprint density at radius 1 is 1.26 bits per heavy atom. The third-order valence-corrected chi connectivity index (χ3v) is 3.95. The van der Waals surface area contributed by atoms with Gasteiger partial charge in [0.15, 0.2) is 0 Å². The standard InChI is InChI=1S/C18H23N3O2/c1-11(5-12(2)19)9-22-14-3-4-15-13(6-14)10-23-17-8-21-18(20)7-16(15)17/h3-4,6-8,11-12H,5,9-10,19H2,1-2H3,(H2,20,21). The highest BCUT2D eigenvalue weighted by Crippen LogP contribution is 2.39. The Hall–Kier alpha value is -2.27. The van der Waals surface area contributed by atoms with Crippen LogP contribution in [0.15, 0.2) is 30.5 Å². The Kier molecular flexibility index (Phi) is 4.39. The summed E-state index contributed by atoms with van der Waals surface area (Å²) in [6.45, 7) is 5.34. The number of nitrogen functional groups attached to an aromatic ring is 1. The molecule has 23 heavy (non-hydrogen) atoms. The summed E-state index contributed by atoms with van der Waals surface area (Å²) in [5.74, 6) is 2.54. The van der Waals surface area contributed by atoms with Crippen LogP contribution >= 0.6 is 0 Å². The zero-order valence-electron chi connectivity index (χ0n) is 13.6. The van der Waals surface area contributed by atoms with Gasteiger partial charge in [0.25, 0.3) is 0 Å². The second-order valence-corrected chi connectivity index (χ2v) is 6.34. The van der Waals surface area contributed by atoms with Crippen LogP contribution in [0.4, 0.5) is 5.82 Å². The first kappa shape index (κ1) is 15.6. The zero-order chi connectivity index (χ0) is 16.4. The molecule has 2 unspecified atom stereocenters. The Morgan fingerprint density at radius 3 is 2.87 bits per heavy atom. The molecule has 1 aromatic carbocycles. The highest BCUT2D eigenvalue weighted by molar-refractivity contribution is 5.77. The van der Waals surface area contributed by atoms with Crippen molar-refractivity contribution >= 4 is 5.82 Å². The fourth-order valence-electron chi connectivity index (χ4n) is 2.92. The van der Waals surface area contributed by atoms with E-state index in [4.69, 9.17) is 20.9 Å². The number of fused-ring (bicyclic) bond motifs is 3. The Morgan fingerprint density at radius 2 is 2.09 bits per heavy atom. The molecule has 0 fully saturated rings. The molecule has 3 rings (SSSR count). The Bertz CT molecular complexity index is 701. The normalized spacial score (nSPS) is 15.1. The van der Waals surface area contributed by atoms with Crippen LogP contribution in [0.1, 0.15) is 25.8 Å². The van der Waals surface area contributed by atoms with E-state index < -0.39 is 0 Å². The number of anilines is 1. The van der Waals surface area contributed by atoms with Crippen molar-refractivity contribution in [1.29, 1.82) is 0 Å². The van der Waals surface area contributed by atoms with Gasteiger partial charge in [0.2, 0.25) is 0 Å². The van der Waals surface area contributed by atoms with Crippen LogP contribution in [0.5, 0.6) is 11.5 Å². The van der Waals surface area contributed by atoms with E-state index in [0.29, 0.717) is 24.9 Å². The lowest BCUT2D eigenvalue weighted by Gasteiger charge is -2.22. The van der Waals surface area contributed by atoms with Crippen molar-refractivity contribution in [3.05, 3.63) is 36.0 Å². The molecule has 2 aromatic rings. The minimum atomic E-state index is 0.195. The summed E-state index contributed by atoms with van der Waals surface area (Å²) in [4.78, 5) is 4.07.